The zero-order chi connectivity index (χ0) is 15.9. The fourth-order valence-electron chi connectivity index (χ4n) is 2.53. The summed E-state index contributed by atoms with van der Waals surface area (Å²) in [5.41, 5.74) is 0.158. The molecule has 0 unspecified atom stereocenters. The molecule has 3 nitrogen and oxygen atoms in total. The number of carbonyl (C=O) groups excluding carboxylic acids is 1. The minimum atomic E-state index is -1.04. The molecule has 0 saturated carbocycles. The smallest absolute Gasteiger partial charge is 0.258 e. The Hall–Kier alpha value is -2.43. The van der Waals surface area contributed by atoms with Crippen LogP contribution in [0.2, 0.25) is 0 Å². The number of anilines is 1. The zero-order valence-electron chi connectivity index (χ0n) is 12.3. The summed E-state index contributed by atoms with van der Waals surface area (Å²) >= 11 is 0. The summed E-state index contributed by atoms with van der Waals surface area (Å²) < 4.78 is 32.3. The molecule has 114 valence electrons. The van der Waals surface area contributed by atoms with E-state index < -0.39 is 17.2 Å². The Kier molecular flexibility index (Phi) is 3.35. The maximum absolute atomic E-state index is 13.4. The highest BCUT2D eigenvalue weighted by Gasteiger charge is 2.35. The van der Waals surface area contributed by atoms with E-state index in [9.17, 15) is 13.6 Å². The van der Waals surface area contributed by atoms with Crippen LogP contribution in [0.25, 0.3) is 0 Å². The summed E-state index contributed by atoms with van der Waals surface area (Å²) in [6, 6.07) is 10.3. The molecule has 0 spiro atoms. The minimum Gasteiger partial charge on any atom is -0.484 e. The molecule has 22 heavy (non-hydrogen) atoms. The average molecular weight is 303 g/mol. The number of fused-ring (bicyclic) bond motifs is 1. The van der Waals surface area contributed by atoms with Gasteiger partial charge in [-0.15, -0.1) is 0 Å². The fraction of sp³-hybridized carbons (Fsp3) is 0.235. The lowest BCUT2D eigenvalue weighted by molar-refractivity contribution is 0.0836. The number of para-hydroxylation sites is 2. The SMILES string of the molecule is CC1(C)CN(C(=O)c2ccc(F)c(F)c2)c2ccccc2O1. The molecule has 0 aliphatic carbocycles. The van der Waals surface area contributed by atoms with Crippen molar-refractivity contribution in [2.45, 2.75) is 19.4 Å². The largest absolute Gasteiger partial charge is 0.484 e. The Morgan fingerprint density at radius 1 is 1.14 bits per heavy atom. The van der Waals surface area contributed by atoms with Crippen molar-refractivity contribution in [1.29, 1.82) is 0 Å². The standard InChI is InChI=1S/C17H15F2NO2/c1-17(2)10-20(14-5-3-4-6-15(14)22-17)16(21)11-7-8-12(18)13(19)9-11/h3-9H,10H2,1-2H3. The third-order valence-electron chi connectivity index (χ3n) is 3.49. The molecule has 0 aromatic heterocycles. The van der Waals surface area contributed by atoms with E-state index in [1.807, 2.05) is 19.9 Å². The molecule has 1 amide bonds. The quantitative estimate of drug-likeness (QED) is 0.802. The summed E-state index contributed by atoms with van der Waals surface area (Å²) in [5.74, 6) is -1.80. The van der Waals surface area contributed by atoms with Gasteiger partial charge in [-0.2, -0.15) is 0 Å². The molecule has 0 fully saturated rings. The van der Waals surface area contributed by atoms with E-state index in [4.69, 9.17) is 4.74 Å². The van der Waals surface area contributed by atoms with E-state index in [0.717, 1.165) is 12.1 Å². The molecule has 0 bridgehead atoms. The van der Waals surface area contributed by atoms with E-state index in [0.29, 0.717) is 18.0 Å². The van der Waals surface area contributed by atoms with Crippen LogP contribution in [0.4, 0.5) is 14.5 Å². The van der Waals surface area contributed by atoms with Gasteiger partial charge in [-0.25, -0.2) is 8.78 Å². The highest BCUT2D eigenvalue weighted by molar-refractivity contribution is 6.07. The molecule has 0 radical (unpaired) electrons. The van der Waals surface area contributed by atoms with Gasteiger partial charge in [0.2, 0.25) is 0 Å². The molecule has 1 aliphatic rings. The second-order valence-corrected chi connectivity index (χ2v) is 5.85. The van der Waals surface area contributed by atoms with Crippen molar-refractivity contribution in [3.8, 4) is 5.75 Å². The van der Waals surface area contributed by atoms with Crippen LogP contribution in [0, 0.1) is 11.6 Å². The molecule has 5 heteroatoms. The van der Waals surface area contributed by atoms with Crippen molar-refractivity contribution >= 4 is 11.6 Å². The summed E-state index contributed by atoms with van der Waals surface area (Å²) in [6.45, 7) is 4.06. The van der Waals surface area contributed by atoms with Crippen molar-refractivity contribution < 1.29 is 18.3 Å². The zero-order valence-corrected chi connectivity index (χ0v) is 12.3. The third kappa shape index (κ3) is 2.54. The highest BCUT2D eigenvalue weighted by Crippen LogP contribution is 2.37. The van der Waals surface area contributed by atoms with Crippen molar-refractivity contribution in [2.24, 2.45) is 0 Å². The van der Waals surface area contributed by atoms with Gasteiger partial charge < -0.3 is 9.64 Å². The van der Waals surface area contributed by atoms with E-state index in [2.05, 4.69) is 0 Å². The van der Waals surface area contributed by atoms with Crippen molar-refractivity contribution in [3.63, 3.8) is 0 Å². The van der Waals surface area contributed by atoms with Crippen LogP contribution in [0.5, 0.6) is 5.75 Å². The van der Waals surface area contributed by atoms with Gasteiger partial charge >= 0.3 is 0 Å². The average Bonchev–Trinajstić information content (AvgIpc) is 2.47. The van der Waals surface area contributed by atoms with Gasteiger partial charge in [-0.1, -0.05) is 12.1 Å². The highest BCUT2D eigenvalue weighted by atomic mass is 19.2. The number of hydrogen-bond donors (Lipinski definition) is 0. The Morgan fingerprint density at radius 2 is 1.86 bits per heavy atom. The van der Waals surface area contributed by atoms with E-state index in [1.54, 1.807) is 18.2 Å². The minimum absolute atomic E-state index is 0.103. The van der Waals surface area contributed by atoms with Gasteiger partial charge in [0.15, 0.2) is 11.6 Å². The molecule has 0 saturated heterocycles. The van der Waals surface area contributed by atoms with Crippen molar-refractivity contribution in [3.05, 3.63) is 59.7 Å². The van der Waals surface area contributed by atoms with Gasteiger partial charge in [0.1, 0.15) is 11.4 Å². The van der Waals surface area contributed by atoms with Gasteiger partial charge in [0, 0.05) is 5.56 Å². The number of amides is 1. The second kappa shape index (κ2) is 5.09. The lowest BCUT2D eigenvalue weighted by Gasteiger charge is -2.39. The lowest BCUT2D eigenvalue weighted by Crippen LogP contribution is -2.49. The first-order valence-electron chi connectivity index (χ1n) is 6.92. The van der Waals surface area contributed by atoms with E-state index in [1.165, 1.54) is 11.0 Å². The van der Waals surface area contributed by atoms with Crippen LogP contribution in [-0.4, -0.2) is 18.1 Å². The molecular formula is C17H15F2NO2. The summed E-state index contributed by atoms with van der Waals surface area (Å²) in [4.78, 5) is 14.2. The maximum atomic E-state index is 13.4. The first-order valence-corrected chi connectivity index (χ1v) is 6.92. The van der Waals surface area contributed by atoms with E-state index >= 15 is 0 Å². The molecule has 2 aromatic carbocycles. The van der Waals surface area contributed by atoms with Crippen LogP contribution >= 0.6 is 0 Å². The first kappa shape index (κ1) is 14.5. The fourth-order valence-corrected chi connectivity index (χ4v) is 2.53. The van der Waals surface area contributed by atoms with Crippen LogP contribution < -0.4 is 9.64 Å². The monoisotopic (exact) mass is 303 g/mol. The van der Waals surface area contributed by atoms with Gasteiger partial charge in [-0.05, 0) is 44.2 Å². The topological polar surface area (TPSA) is 29.5 Å². The Balaban J connectivity index is 2.03. The first-order chi connectivity index (χ1) is 10.4. The number of halogens is 2. The van der Waals surface area contributed by atoms with Crippen LogP contribution in [0.15, 0.2) is 42.5 Å². The Morgan fingerprint density at radius 3 is 2.59 bits per heavy atom. The van der Waals surface area contributed by atoms with Gasteiger partial charge in [0.25, 0.3) is 5.91 Å². The lowest BCUT2D eigenvalue weighted by atomic mass is 10.0. The number of nitrogens with zero attached hydrogens (tertiary/aromatic N) is 1. The number of carbonyl (C=O) groups is 1. The number of rotatable bonds is 1. The predicted molar refractivity (Wildman–Crippen MR) is 79.2 cm³/mol. The van der Waals surface area contributed by atoms with Gasteiger partial charge in [0.05, 0.1) is 12.2 Å². The van der Waals surface area contributed by atoms with Gasteiger partial charge in [-0.3, -0.25) is 4.79 Å². The van der Waals surface area contributed by atoms with Crippen molar-refractivity contribution in [1.82, 2.24) is 0 Å². The molecule has 1 heterocycles. The predicted octanol–water partition coefficient (Wildman–Crippen LogP) is 3.78. The number of benzene rings is 2. The van der Waals surface area contributed by atoms with Crippen LogP contribution in [0.1, 0.15) is 24.2 Å². The molecule has 3 rings (SSSR count). The van der Waals surface area contributed by atoms with E-state index in [-0.39, 0.29) is 11.5 Å². The van der Waals surface area contributed by atoms with Crippen molar-refractivity contribution in [2.75, 3.05) is 11.4 Å². The summed E-state index contributed by atoms with van der Waals surface area (Å²) in [5, 5.41) is 0. The Labute approximate surface area is 127 Å². The molecular weight excluding hydrogens is 288 g/mol. The number of hydrogen-bond acceptors (Lipinski definition) is 2. The molecule has 0 N–H and O–H groups in total. The molecule has 0 atom stereocenters. The second-order valence-electron chi connectivity index (χ2n) is 5.85. The van der Waals surface area contributed by atoms with Crippen LogP contribution in [-0.2, 0) is 0 Å². The number of ether oxygens (including phenoxy) is 1. The summed E-state index contributed by atoms with van der Waals surface area (Å²) in [6.07, 6.45) is 0. The van der Waals surface area contributed by atoms with Crippen LogP contribution in [0.3, 0.4) is 0 Å². The third-order valence-corrected chi connectivity index (χ3v) is 3.49. The normalized spacial score (nSPS) is 15.9. The molecule has 2 aromatic rings. The Bertz CT molecular complexity index is 743. The summed E-state index contributed by atoms with van der Waals surface area (Å²) in [7, 11) is 0. The molecule has 1 aliphatic heterocycles. The maximum Gasteiger partial charge on any atom is 0.258 e.